The van der Waals surface area contributed by atoms with Crippen molar-refractivity contribution in [2.75, 3.05) is 18.4 Å². The largest absolute Gasteiger partial charge is 0.315 e. The Hall–Kier alpha value is -2.27. The highest BCUT2D eigenvalue weighted by Crippen LogP contribution is 2.39. The number of anilines is 1. The molecule has 2 aliphatic rings. The van der Waals surface area contributed by atoms with E-state index in [1.54, 1.807) is 22.7 Å². The number of aryl methyl sites for hydroxylation is 1. The van der Waals surface area contributed by atoms with Crippen molar-refractivity contribution in [3.8, 4) is 6.07 Å². The van der Waals surface area contributed by atoms with Crippen LogP contribution in [0, 0.1) is 11.3 Å². The van der Waals surface area contributed by atoms with Gasteiger partial charge in [0.2, 0.25) is 5.91 Å². The van der Waals surface area contributed by atoms with Gasteiger partial charge in [-0.3, -0.25) is 9.69 Å². The zero-order valence-corrected chi connectivity index (χ0v) is 17.7. The van der Waals surface area contributed by atoms with Crippen LogP contribution in [0.25, 0.3) is 10.2 Å². The number of thiophene rings is 1. The van der Waals surface area contributed by atoms with Crippen molar-refractivity contribution in [3.05, 3.63) is 45.3 Å². The van der Waals surface area contributed by atoms with Crippen LogP contribution in [0.4, 0.5) is 5.00 Å². The van der Waals surface area contributed by atoms with Crippen molar-refractivity contribution >= 4 is 43.8 Å². The number of para-hydroxylation sites is 1. The fourth-order valence-corrected chi connectivity index (χ4v) is 6.85. The van der Waals surface area contributed by atoms with E-state index in [4.69, 9.17) is 4.98 Å². The first-order valence-electron chi connectivity index (χ1n) is 10.2. The number of rotatable bonds is 4. The van der Waals surface area contributed by atoms with Gasteiger partial charge in [-0.25, -0.2) is 4.98 Å². The quantitative estimate of drug-likeness (QED) is 0.650. The number of carbonyl (C=O) groups excluding carboxylic acids is 1. The smallest absolute Gasteiger partial charge is 0.239 e. The van der Waals surface area contributed by atoms with E-state index < -0.39 is 0 Å². The number of nitriles is 1. The first-order chi connectivity index (χ1) is 14.2. The number of nitrogens with zero attached hydrogens (tertiary/aromatic N) is 3. The van der Waals surface area contributed by atoms with Crippen LogP contribution >= 0.6 is 22.7 Å². The monoisotopic (exact) mass is 422 g/mol. The molecule has 5 nitrogen and oxygen atoms in total. The molecule has 1 amide bonds. The summed E-state index contributed by atoms with van der Waals surface area (Å²) in [6, 6.07) is 10.7. The molecular weight excluding hydrogens is 400 g/mol. The first-order valence-corrected chi connectivity index (χ1v) is 11.8. The Bertz CT molecular complexity index is 1080. The lowest BCUT2D eigenvalue weighted by Gasteiger charge is -2.33. The molecule has 1 aromatic carbocycles. The lowest BCUT2D eigenvalue weighted by Crippen LogP contribution is -2.39. The maximum absolute atomic E-state index is 12.9. The number of fused-ring (bicyclic) bond motifs is 2. The van der Waals surface area contributed by atoms with Gasteiger partial charge in [-0.2, -0.15) is 5.26 Å². The summed E-state index contributed by atoms with van der Waals surface area (Å²) in [5, 5.41) is 14.4. The second-order valence-electron chi connectivity index (χ2n) is 7.72. The molecule has 1 N–H and O–H groups in total. The Morgan fingerprint density at radius 1 is 1.24 bits per heavy atom. The highest BCUT2D eigenvalue weighted by atomic mass is 32.1. The Kier molecular flexibility index (Phi) is 5.08. The van der Waals surface area contributed by atoms with Crippen molar-refractivity contribution in [2.24, 2.45) is 0 Å². The molecule has 0 saturated carbocycles. The number of nitrogens with one attached hydrogen (secondary N) is 1. The minimum Gasteiger partial charge on any atom is -0.315 e. The molecule has 0 radical (unpaired) electrons. The SMILES string of the molecule is N#Cc1c(NC(=O)CN2CCCCC2c2nc3ccccc3s2)sc2c1CCC2. The average molecular weight is 423 g/mol. The molecule has 0 spiro atoms. The highest BCUT2D eigenvalue weighted by Gasteiger charge is 2.29. The van der Waals surface area contributed by atoms with Gasteiger partial charge in [0.05, 0.1) is 28.4 Å². The number of carbonyl (C=O) groups is 1. The number of piperidine rings is 1. The molecule has 1 unspecified atom stereocenters. The molecule has 1 aliphatic carbocycles. The normalized spacial score (nSPS) is 19.2. The number of amides is 1. The van der Waals surface area contributed by atoms with Gasteiger partial charge in [-0.1, -0.05) is 18.6 Å². The van der Waals surface area contributed by atoms with Crippen molar-refractivity contribution in [3.63, 3.8) is 0 Å². The summed E-state index contributed by atoms with van der Waals surface area (Å²) < 4.78 is 1.20. The predicted molar refractivity (Wildman–Crippen MR) is 117 cm³/mol. The number of thiazole rings is 1. The molecule has 3 aromatic rings. The van der Waals surface area contributed by atoms with E-state index in [1.165, 1.54) is 9.58 Å². The van der Waals surface area contributed by atoms with Crippen molar-refractivity contribution in [2.45, 2.75) is 44.6 Å². The summed E-state index contributed by atoms with van der Waals surface area (Å²) >= 11 is 3.32. The van der Waals surface area contributed by atoms with Crippen LogP contribution in [0.2, 0.25) is 0 Å². The van der Waals surface area contributed by atoms with E-state index >= 15 is 0 Å². The van der Waals surface area contributed by atoms with Crippen molar-refractivity contribution in [1.82, 2.24) is 9.88 Å². The maximum Gasteiger partial charge on any atom is 0.239 e. The van der Waals surface area contributed by atoms with Gasteiger partial charge in [0.15, 0.2) is 0 Å². The van der Waals surface area contributed by atoms with Gasteiger partial charge in [-0.05, 0) is 56.3 Å². The average Bonchev–Trinajstić information content (AvgIpc) is 3.42. The summed E-state index contributed by atoms with van der Waals surface area (Å²) in [7, 11) is 0. The first kappa shape index (κ1) is 18.7. The Morgan fingerprint density at radius 2 is 2.14 bits per heavy atom. The molecule has 29 heavy (non-hydrogen) atoms. The molecule has 3 heterocycles. The second kappa shape index (κ2) is 7.86. The van der Waals surface area contributed by atoms with Crippen LogP contribution < -0.4 is 5.32 Å². The molecule has 5 rings (SSSR count). The number of hydrogen-bond donors (Lipinski definition) is 1. The fraction of sp³-hybridized carbons (Fsp3) is 0.409. The third-order valence-corrected chi connectivity index (χ3v) is 8.19. The molecule has 148 valence electrons. The van der Waals surface area contributed by atoms with Gasteiger partial charge < -0.3 is 5.32 Å². The van der Waals surface area contributed by atoms with Gasteiger partial charge in [0.1, 0.15) is 16.1 Å². The molecule has 1 aliphatic heterocycles. The maximum atomic E-state index is 12.9. The van der Waals surface area contributed by atoms with Crippen molar-refractivity contribution < 1.29 is 4.79 Å². The summed E-state index contributed by atoms with van der Waals surface area (Å²) in [5.74, 6) is -0.0329. The van der Waals surface area contributed by atoms with Crippen LogP contribution in [-0.2, 0) is 17.6 Å². The summed E-state index contributed by atoms with van der Waals surface area (Å²) in [5.41, 5.74) is 2.87. The molecule has 1 atom stereocenters. The molecule has 7 heteroatoms. The van der Waals surface area contributed by atoms with Crippen LogP contribution in [-0.4, -0.2) is 28.9 Å². The van der Waals surface area contributed by atoms with Crippen LogP contribution in [0.5, 0.6) is 0 Å². The van der Waals surface area contributed by atoms with E-state index in [0.717, 1.165) is 66.2 Å². The highest BCUT2D eigenvalue weighted by molar-refractivity contribution is 7.18. The molecular formula is C22H22N4OS2. The minimum absolute atomic E-state index is 0.0329. The second-order valence-corrected chi connectivity index (χ2v) is 9.89. The number of aromatic nitrogens is 1. The van der Waals surface area contributed by atoms with E-state index in [-0.39, 0.29) is 11.9 Å². The van der Waals surface area contributed by atoms with E-state index in [9.17, 15) is 10.1 Å². The van der Waals surface area contributed by atoms with Crippen LogP contribution in [0.1, 0.15) is 52.7 Å². The molecule has 1 fully saturated rings. The zero-order chi connectivity index (χ0) is 19.8. The van der Waals surface area contributed by atoms with Crippen LogP contribution in [0.15, 0.2) is 24.3 Å². The third kappa shape index (κ3) is 3.57. The standard InChI is InChI=1S/C22H22N4OS2/c23-12-15-14-6-5-10-18(14)28-21(15)25-20(27)13-26-11-4-3-8-17(26)22-24-16-7-1-2-9-19(16)29-22/h1-2,7,9,17H,3-6,8,10-11,13H2,(H,25,27). The van der Waals surface area contributed by atoms with E-state index in [1.807, 2.05) is 12.1 Å². The molecule has 1 saturated heterocycles. The van der Waals surface area contributed by atoms with E-state index in [0.29, 0.717) is 12.1 Å². The third-order valence-electron chi connectivity index (χ3n) is 5.84. The Balaban J connectivity index is 1.33. The minimum atomic E-state index is -0.0329. The molecule has 2 aromatic heterocycles. The number of likely N-dealkylation sites (tertiary alicyclic amines) is 1. The van der Waals surface area contributed by atoms with Gasteiger partial charge in [0.25, 0.3) is 0 Å². The van der Waals surface area contributed by atoms with Gasteiger partial charge in [-0.15, -0.1) is 22.7 Å². The van der Waals surface area contributed by atoms with Crippen LogP contribution in [0.3, 0.4) is 0 Å². The predicted octanol–water partition coefficient (Wildman–Crippen LogP) is 4.88. The number of benzene rings is 1. The van der Waals surface area contributed by atoms with Gasteiger partial charge >= 0.3 is 0 Å². The fourth-order valence-electron chi connectivity index (χ4n) is 4.45. The molecule has 0 bridgehead atoms. The lowest BCUT2D eigenvalue weighted by molar-refractivity contribution is -0.118. The summed E-state index contributed by atoms with van der Waals surface area (Å²) in [4.78, 5) is 21.2. The number of hydrogen-bond acceptors (Lipinski definition) is 6. The summed E-state index contributed by atoms with van der Waals surface area (Å²) in [6.07, 6.45) is 6.39. The lowest BCUT2D eigenvalue weighted by atomic mass is 10.0. The van der Waals surface area contributed by atoms with Gasteiger partial charge in [0, 0.05) is 4.88 Å². The van der Waals surface area contributed by atoms with Crippen molar-refractivity contribution in [1.29, 1.82) is 5.26 Å². The van der Waals surface area contributed by atoms with E-state index in [2.05, 4.69) is 28.4 Å². The Labute approximate surface area is 178 Å². The Morgan fingerprint density at radius 3 is 3.00 bits per heavy atom. The summed E-state index contributed by atoms with van der Waals surface area (Å²) in [6.45, 7) is 1.24. The topological polar surface area (TPSA) is 69.0 Å². The zero-order valence-electron chi connectivity index (χ0n) is 16.1.